The van der Waals surface area contributed by atoms with Gasteiger partial charge in [0.25, 0.3) is 5.92 Å². The monoisotopic (exact) mass is 510 g/mol. The number of likely N-dealkylation sites (tertiary alicyclic amines) is 1. The fourth-order valence-corrected chi connectivity index (χ4v) is 4.56. The molecule has 0 radical (unpaired) electrons. The van der Waals surface area contributed by atoms with Gasteiger partial charge in [0.2, 0.25) is 5.95 Å². The molecule has 190 valence electrons. The third-order valence-electron chi connectivity index (χ3n) is 6.13. The van der Waals surface area contributed by atoms with E-state index in [0.29, 0.717) is 5.13 Å². The lowest BCUT2D eigenvalue weighted by Gasteiger charge is -2.42. The second-order valence-electron chi connectivity index (χ2n) is 8.63. The molecular weight excluding hydrogens is 482 g/mol. The number of aromatic nitrogens is 3. The van der Waals surface area contributed by atoms with Gasteiger partial charge in [0.15, 0.2) is 5.13 Å². The van der Waals surface area contributed by atoms with Crippen LogP contribution in [0, 0.1) is 0 Å². The Morgan fingerprint density at radius 3 is 2.69 bits per heavy atom. The van der Waals surface area contributed by atoms with Gasteiger partial charge in [0.05, 0.1) is 0 Å². The zero-order chi connectivity index (χ0) is 25.0. The molecule has 2 aromatic heterocycles. The van der Waals surface area contributed by atoms with Crippen LogP contribution in [0.2, 0.25) is 0 Å². The number of nitrogens with one attached hydrogen (secondary N) is 2. The predicted octanol–water partition coefficient (Wildman–Crippen LogP) is 2.95. The quantitative estimate of drug-likeness (QED) is 0.631. The molecule has 2 saturated heterocycles. The van der Waals surface area contributed by atoms with Crippen LogP contribution in [0.1, 0.15) is 19.3 Å². The molecule has 4 rings (SSSR count). The van der Waals surface area contributed by atoms with Crippen molar-refractivity contribution in [2.24, 2.45) is 0 Å². The smallest absolute Gasteiger partial charge is 0.413 e. The molecule has 2 aromatic rings. The lowest BCUT2D eigenvalue weighted by Crippen LogP contribution is -2.60. The fraction of sp³-hybridized carbons (Fsp3) is 0.571. The van der Waals surface area contributed by atoms with Crippen LogP contribution >= 0.6 is 11.3 Å². The molecule has 2 aliphatic rings. The first-order valence-electron chi connectivity index (χ1n) is 11.3. The molecule has 2 fully saturated rings. The number of rotatable bonds is 5. The van der Waals surface area contributed by atoms with Gasteiger partial charge >= 0.3 is 12.1 Å². The van der Waals surface area contributed by atoms with Crippen LogP contribution in [0.5, 0.6) is 0 Å². The van der Waals surface area contributed by atoms with Crippen LogP contribution in [-0.4, -0.2) is 95.2 Å². The Balaban J connectivity index is 1.39. The fourth-order valence-electron chi connectivity index (χ4n) is 4.04. The number of alkyl halides is 2. The van der Waals surface area contributed by atoms with Crippen molar-refractivity contribution >= 4 is 40.4 Å². The van der Waals surface area contributed by atoms with Gasteiger partial charge in [-0.3, -0.25) is 10.6 Å². The number of urea groups is 1. The third kappa shape index (κ3) is 6.31. The number of likely N-dealkylation sites (N-methyl/N-ethyl adjacent to an activating group) is 1. The number of anilines is 3. The minimum atomic E-state index is -3.10. The SMILES string of the molecule is CN1CCC(OC(=O)Nc2ccnc(N3CCC(F)(F)[C@@H](N(C)C(=O)Nc4nccs4)C3)n2)CC1. The molecule has 14 heteroatoms. The van der Waals surface area contributed by atoms with Crippen molar-refractivity contribution < 1.29 is 23.1 Å². The minimum absolute atomic E-state index is 0.00503. The summed E-state index contributed by atoms with van der Waals surface area (Å²) in [6.45, 7) is 1.52. The summed E-state index contributed by atoms with van der Waals surface area (Å²) in [6, 6.07) is -0.589. The van der Waals surface area contributed by atoms with Gasteiger partial charge < -0.3 is 19.4 Å². The number of piperidine rings is 2. The number of ether oxygens (including phenoxy) is 1. The number of carbonyl (C=O) groups is 2. The normalized spacial score (nSPS) is 20.8. The summed E-state index contributed by atoms with van der Waals surface area (Å²) in [7, 11) is 3.34. The van der Waals surface area contributed by atoms with Gasteiger partial charge in [-0.15, -0.1) is 11.3 Å². The van der Waals surface area contributed by atoms with E-state index in [1.54, 1.807) is 10.3 Å². The zero-order valence-electron chi connectivity index (χ0n) is 19.5. The Labute approximate surface area is 205 Å². The van der Waals surface area contributed by atoms with Gasteiger partial charge in [0.1, 0.15) is 18.0 Å². The standard InChI is InChI=1S/C21H28F2N8O3S/c1-29-9-4-14(5-10-29)34-20(33)27-16-3-7-24-17(26-16)31-11-6-21(22,23)15(13-31)30(2)19(32)28-18-25-8-12-35-18/h3,7-8,12,14-15H,4-6,9-11,13H2,1-2H3,(H,25,28,32)(H,24,26,27,33)/t15-/m0/s1. The number of thiazole rings is 1. The van der Waals surface area contributed by atoms with Crippen molar-refractivity contribution in [3.05, 3.63) is 23.8 Å². The van der Waals surface area contributed by atoms with Crippen molar-refractivity contribution in [2.75, 3.05) is 55.8 Å². The second-order valence-corrected chi connectivity index (χ2v) is 9.52. The number of hydrogen-bond acceptors (Lipinski definition) is 9. The maximum Gasteiger partial charge on any atom is 0.413 e. The Hall–Kier alpha value is -3.13. The average Bonchev–Trinajstić information content (AvgIpc) is 3.33. The molecular formula is C21H28F2N8O3S. The first-order chi connectivity index (χ1) is 16.7. The molecule has 0 spiro atoms. The van der Waals surface area contributed by atoms with Crippen LogP contribution < -0.4 is 15.5 Å². The molecule has 0 aromatic carbocycles. The summed E-state index contributed by atoms with van der Waals surface area (Å²) in [5, 5.41) is 7.12. The molecule has 2 aliphatic heterocycles. The van der Waals surface area contributed by atoms with Gasteiger partial charge in [-0.2, -0.15) is 4.98 Å². The highest BCUT2D eigenvalue weighted by Crippen LogP contribution is 2.33. The average molecular weight is 511 g/mol. The largest absolute Gasteiger partial charge is 0.446 e. The molecule has 0 unspecified atom stereocenters. The minimum Gasteiger partial charge on any atom is -0.446 e. The van der Waals surface area contributed by atoms with Crippen LogP contribution in [-0.2, 0) is 4.74 Å². The Morgan fingerprint density at radius 1 is 1.20 bits per heavy atom. The maximum absolute atomic E-state index is 14.8. The Bertz CT molecular complexity index is 1020. The summed E-state index contributed by atoms with van der Waals surface area (Å²) in [5.74, 6) is -2.72. The second kappa shape index (κ2) is 10.6. The Kier molecular flexibility index (Phi) is 7.60. The van der Waals surface area contributed by atoms with Crippen molar-refractivity contribution in [3.63, 3.8) is 0 Å². The summed E-state index contributed by atoms with van der Waals surface area (Å²) in [6.07, 6.45) is 3.20. The molecule has 1 atom stereocenters. The van der Waals surface area contributed by atoms with Crippen molar-refractivity contribution in [3.8, 4) is 0 Å². The summed E-state index contributed by atoms with van der Waals surface area (Å²) in [5.41, 5.74) is 0. The molecule has 0 bridgehead atoms. The van der Waals surface area contributed by atoms with E-state index in [4.69, 9.17) is 4.74 Å². The van der Waals surface area contributed by atoms with Crippen molar-refractivity contribution in [1.82, 2.24) is 24.8 Å². The van der Waals surface area contributed by atoms with E-state index in [-0.39, 0.29) is 31.0 Å². The molecule has 4 heterocycles. The first kappa shape index (κ1) is 25.0. The van der Waals surface area contributed by atoms with Gasteiger partial charge in [-0.1, -0.05) is 0 Å². The summed E-state index contributed by atoms with van der Waals surface area (Å²) < 4.78 is 35.0. The van der Waals surface area contributed by atoms with Gasteiger partial charge in [-0.05, 0) is 26.0 Å². The number of nitrogens with zero attached hydrogens (tertiary/aromatic N) is 6. The van der Waals surface area contributed by atoms with E-state index in [2.05, 4.69) is 30.5 Å². The molecule has 3 amide bonds. The van der Waals surface area contributed by atoms with Crippen LogP contribution in [0.4, 0.5) is 35.3 Å². The van der Waals surface area contributed by atoms with Crippen molar-refractivity contribution in [1.29, 1.82) is 0 Å². The number of halogens is 2. The topological polar surface area (TPSA) is 116 Å². The van der Waals surface area contributed by atoms with Gasteiger partial charge in [-0.25, -0.2) is 28.3 Å². The van der Waals surface area contributed by atoms with Gasteiger partial charge in [0, 0.05) is 57.4 Å². The highest BCUT2D eigenvalue weighted by Gasteiger charge is 2.48. The maximum atomic E-state index is 14.8. The van der Waals surface area contributed by atoms with Crippen LogP contribution in [0.15, 0.2) is 23.8 Å². The van der Waals surface area contributed by atoms with E-state index in [0.717, 1.165) is 30.8 Å². The molecule has 11 nitrogen and oxygen atoms in total. The van der Waals surface area contributed by atoms with E-state index in [1.807, 2.05) is 7.05 Å². The zero-order valence-corrected chi connectivity index (χ0v) is 20.3. The molecule has 0 aliphatic carbocycles. The number of hydrogen-bond donors (Lipinski definition) is 2. The highest BCUT2D eigenvalue weighted by molar-refractivity contribution is 7.13. The molecule has 35 heavy (non-hydrogen) atoms. The van der Waals surface area contributed by atoms with Crippen LogP contribution in [0.25, 0.3) is 0 Å². The Morgan fingerprint density at radius 2 is 1.97 bits per heavy atom. The van der Waals surface area contributed by atoms with E-state index in [1.165, 1.54) is 36.8 Å². The van der Waals surface area contributed by atoms with Crippen LogP contribution in [0.3, 0.4) is 0 Å². The third-order valence-corrected chi connectivity index (χ3v) is 6.81. The molecule has 0 saturated carbocycles. The van der Waals surface area contributed by atoms with E-state index in [9.17, 15) is 18.4 Å². The van der Waals surface area contributed by atoms with E-state index < -0.39 is 30.5 Å². The van der Waals surface area contributed by atoms with Crippen molar-refractivity contribution in [2.45, 2.75) is 37.3 Å². The van der Waals surface area contributed by atoms with E-state index >= 15 is 0 Å². The summed E-state index contributed by atoms with van der Waals surface area (Å²) >= 11 is 1.20. The molecule has 2 N–H and O–H groups in total. The number of amides is 3. The highest BCUT2D eigenvalue weighted by atomic mass is 32.1. The summed E-state index contributed by atoms with van der Waals surface area (Å²) in [4.78, 5) is 42.0. The number of carbonyl (C=O) groups excluding carboxylic acids is 2. The lowest BCUT2D eigenvalue weighted by molar-refractivity contribution is -0.0760. The lowest BCUT2D eigenvalue weighted by atomic mass is 10.00. The predicted molar refractivity (Wildman–Crippen MR) is 127 cm³/mol. The first-order valence-corrected chi connectivity index (χ1v) is 12.1.